The Morgan fingerprint density at radius 1 is 1.20 bits per heavy atom. The van der Waals surface area contributed by atoms with E-state index in [2.05, 4.69) is 4.98 Å². The molecule has 1 amide bonds. The van der Waals surface area contributed by atoms with Gasteiger partial charge in [-0.1, -0.05) is 35.9 Å². The third-order valence-corrected chi connectivity index (χ3v) is 5.30. The summed E-state index contributed by atoms with van der Waals surface area (Å²) in [5.74, 6) is 0.139. The normalized spacial score (nSPS) is 18.6. The number of halogens is 1. The van der Waals surface area contributed by atoms with Gasteiger partial charge in [0, 0.05) is 11.6 Å². The zero-order chi connectivity index (χ0) is 17.4. The predicted octanol–water partition coefficient (Wildman–Crippen LogP) is 4.61. The Morgan fingerprint density at radius 3 is 2.76 bits per heavy atom. The van der Waals surface area contributed by atoms with E-state index in [9.17, 15) is 4.79 Å². The van der Waals surface area contributed by atoms with Crippen molar-refractivity contribution in [2.45, 2.75) is 31.8 Å². The van der Waals surface area contributed by atoms with Gasteiger partial charge in [0.25, 0.3) is 0 Å². The van der Waals surface area contributed by atoms with Gasteiger partial charge in [-0.15, -0.1) is 0 Å². The summed E-state index contributed by atoms with van der Waals surface area (Å²) >= 11 is 6.00. The molecule has 0 radical (unpaired) electrons. The maximum absolute atomic E-state index is 13.2. The van der Waals surface area contributed by atoms with Gasteiger partial charge >= 0.3 is 0 Å². The Kier molecular flexibility index (Phi) is 4.22. The van der Waals surface area contributed by atoms with Crippen LogP contribution < -0.4 is 0 Å². The highest BCUT2D eigenvalue weighted by molar-refractivity contribution is 6.30. The van der Waals surface area contributed by atoms with Crippen molar-refractivity contribution in [3.05, 3.63) is 65.4 Å². The zero-order valence-corrected chi connectivity index (χ0v) is 14.9. The first kappa shape index (κ1) is 16.2. The van der Waals surface area contributed by atoms with Crippen LogP contribution in [0, 0.1) is 0 Å². The SMILES string of the molecule is C[C@@H](C(=O)N1CCC[C@H]1c1ccc(Cl)cc1)n1cnc2ccccc21. The number of aromatic nitrogens is 2. The molecule has 0 aliphatic carbocycles. The van der Waals surface area contributed by atoms with E-state index in [0.29, 0.717) is 0 Å². The first-order valence-electron chi connectivity index (χ1n) is 8.62. The highest BCUT2D eigenvalue weighted by atomic mass is 35.5. The molecule has 0 unspecified atom stereocenters. The van der Waals surface area contributed by atoms with Gasteiger partial charge in [0.2, 0.25) is 5.91 Å². The van der Waals surface area contributed by atoms with Gasteiger partial charge in [-0.25, -0.2) is 4.98 Å². The van der Waals surface area contributed by atoms with Crippen LogP contribution in [0.2, 0.25) is 5.02 Å². The summed E-state index contributed by atoms with van der Waals surface area (Å²) in [7, 11) is 0. The number of carbonyl (C=O) groups is 1. The molecule has 5 heteroatoms. The highest BCUT2D eigenvalue weighted by Gasteiger charge is 2.33. The Labute approximate surface area is 152 Å². The number of imidazole rings is 1. The summed E-state index contributed by atoms with van der Waals surface area (Å²) in [5, 5.41) is 0.720. The molecule has 1 saturated heterocycles. The van der Waals surface area contributed by atoms with Crippen molar-refractivity contribution in [3.8, 4) is 0 Å². The van der Waals surface area contributed by atoms with E-state index in [0.717, 1.165) is 41.0 Å². The molecule has 0 spiro atoms. The number of hydrogen-bond donors (Lipinski definition) is 0. The fourth-order valence-electron chi connectivity index (χ4n) is 3.71. The van der Waals surface area contributed by atoms with Crippen LogP contribution >= 0.6 is 11.6 Å². The van der Waals surface area contributed by atoms with Gasteiger partial charge in [-0.3, -0.25) is 4.79 Å². The molecule has 0 saturated carbocycles. The van der Waals surface area contributed by atoms with Crippen molar-refractivity contribution in [1.29, 1.82) is 0 Å². The van der Waals surface area contributed by atoms with Crippen LogP contribution in [0.15, 0.2) is 54.9 Å². The van der Waals surface area contributed by atoms with Gasteiger partial charge < -0.3 is 9.47 Å². The van der Waals surface area contributed by atoms with Crippen molar-refractivity contribution in [3.63, 3.8) is 0 Å². The monoisotopic (exact) mass is 353 g/mol. The number of para-hydroxylation sites is 2. The topological polar surface area (TPSA) is 38.1 Å². The van der Waals surface area contributed by atoms with E-state index in [1.165, 1.54) is 0 Å². The first-order valence-corrected chi connectivity index (χ1v) is 9.00. The van der Waals surface area contributed by atoms with Gasteiger partial charge in [0.15, 0.2) is 0 Å². The number of carbonyl (C=O) groups excluding carboxylic acids is 1. The highest BCUT2D eigenvalue weighted by Crippen LogP contribution is 2.34. The van der Waals surface area contributed by atoms with E-state index in [1.807, 2.05) is 64.9 Å². The Morgan fingerprint density at radius 2 is 1.96 bits per heavy atom. The van der Waals surface area contributed by atoms with Crippen LogP contribution in [0.1, 0.15) is 37.4 Å². The number of benzene rings is 2. The van der Waals surface area contributed by atoms with Gasteiger partial charge in [0.1, 0.15) is 6.04 Å². The van der Waals surface area contributed by atoms with E-state index in [-0.39, 0.29) is 18.0 Å². The average Bonchev–Trinajstić information content (AvgIpc) is 3.28. The third-order valence-electron chi connectivity index (χ3n) is 5.05. The van der Waals surface area contributed by atoms with Crippen LogP contribution in [0.3, 0.4) is 0 Å². The second kappa shape index (κ2) is 6.52. The lowest BCUT2D eigenvalue weighted by atomic mass is 10.0. The number of rotatable bonds is 3. The smallest absolute Gasteiger partial charge is 0.245 e. The molecule has 128 valence electrons. The second-order valence-corrected chi connectivity index (χ2v) is 6.99. The Bertz CT molecular complexity index is 903. The molecule has 25 heavy (non-hydrogen) atoms. The second-order valence-electron chi connectivity index (χ2n) is 6.56. The molecule has 1 fully saturated rings. The van der Waals surface area contributed by atoms with Crippen molar-refractivity contribution >= 4 is 28.5 Å². The molecule has 1 aliphatic heterocycles. The van der Waals surface area contributed by atoms with E-state index < -0.39 is 0 Å². The lowest BCUT2D eigenvalue weighted by molar-refractivity contribution is -0.135. The maximum atomic E-state index is 13.2. The molecule has 1 aliphatic rings. The number of fused-ring (bicyclic) bond motifs is 1. The van der Waals surface area contributed by atoms with Crippen LogP contribution in [0.4, 0.5) is 0 Å². The zero-order valence-electron chi connectivity index (χ0n) is 14.1. The number of hydrogen-bond acceptors (Lipinski definition) is 2. The minimum absolute atomic E-state index is 0.127. The fraction of sp³-hybridized carbons (Fsp3) is 0.300. The average molecular weight is 354 g/mol. The molecule has 1 aromatic heterocycles. The summed E-state index contributed by atoms with van der Waals surface area (Å²) in [6, 6.07) is 15.6. The van der Waals surface area contributed by atoms with Gasteiger partial charge in [-0.2, -0.15) is 0 Å². The predicted molar refractivity (Wildman–Crippen MR) is 99.6 cm³/mol. The minimum atomic E-state index is -0.277. The Balaban J connectivity index is 1.61. The molecule has 2 aromatic carbocycles. The van der Waals surface area contributed by atoms with Gasteiger partial charge in [0.05, 0.1) is 23.4 Å². The van der Waals surface area contributed by atoms with E-state index in [4.69, 9.17) is 11.6 Å². The Hall–Kier alpha value is -2.33. The van der Waals surface area contributed by atoms with E-state index in [1.54, 1.807) is 6.33 Å². The van der Waals surface area contributed by atoms with E-state index >= 15 is 0 Å². The summed E-state index contributed by atoms with van der Waals surface area (Å²) in [6.07, 6.45) is 3.78. The summed E-state index contributed by atoms with van der Waals surface area (Å²) in [6.45, 7) is 2.75. The van der Waals surface area contributed by atoms with Crippen LogP contribution in [-0.4, -0.2) is 26.9 Å². The molecular formula is C20H20ClN3O. The molecule has 0 N–H and O–H groups in total. The summed E-state index contributed by atoms with van der Waals surface area (Å²) < 4.78 is 1.97. The van der Waals surface area contributed by atoms with Gasteiger partial charge in [-0.05, 0) is 49.6 Å². The third kappa shape index (κ3) is 2.91. The summed E-state index contributed by atoms with van der Waals surface area (Å²) in [4.78, 5) is 19.6. The number of amides is 1. The van der Waals surface area contributed by atoms with Crippen molar-refractivity contribution in [1.82, 2.24) is 14.5 Å². The lowest BCUT2D eigenvalue weighted by Crippen LogP contribution is -2.35. The maximum Gasteiger partial charge on any atom is 0.245 e. The van der Waals surface area contributed by atoms with Crippen LogP contribution in [0.25, 0.3) is 11.0 Å². The van der Waals surface area contributed by atoms with Crippen LogP contribution in [0.5, 0.6) is 0 Å². The quantitative estimate of drug-likeness (QED) is 0.689. The van der Waals surface area contributed by atoms with Crippen molar-refractivity contribution < 1.29 is 4.79 Å². The van der Waals surface area contributed by atoms with Crippen molar-refractivity contribution in [2.75, 3.05) is 6.54 Å². The molecular weight excluding hydrogens is 334 g/mol. The van der Waals surface area contributed by atoms with Crippen LogP contribution in [-0.2, 0) is 4.79 Å². The standard InChI is InChI=1S/C20H20ClN3O/c1-14(24-13-22-17-5-2-3-6-19(17)24)20(25)23-12-4-7-18(23)15-8-10-16(21)11-9-15/h2-3,5-6,8-11,13-14,18H,4,7,12H2,1H3/t14-,18-/m0/s1. The lowest BCUT2D eigenvalue weighted by Gasteiger charge is -2.28. The first-order chi connectivity index (χ1) is 12.1. The molecule has 2 atom stereocenters. The molecule has 4 rings (SSSR count). The summed E-state index contributed by atoms with van der Waals surface area (Å²) in [5.41, 5.74) is 3.06. The largest absolute Gasteiger partial charge is 0.334 e. The number of likely N-dealkylation sites (tertiary alicyclic amines) is 1. The molecule has 0 bridgehead atoms. The fourth-order valence-corrected chi connectivity index (χ4v) is 3.83. The molecule has 2 heterocycles. The van der Waals surface area contributed by atoms with Crippen molar-refractivity contribution in [2.24, 2.45) is 0 Å². The molecule has 3 aromatic rings. The minimum Gasteiger partial charge on any atom is -0.334 e. The number of nitrogens with zero attached hydrogens (tertiary/aromatic N) is 3. The molecule has 4 nitrogen and oxygen atoms in total.